The van der Waals surface area contributed by atoms with Crippen molar-refractivity contribution in [1.29, 1.82) is 5.26 Å². The largest absolute Gasteiger partial charge is 0.489 e. The van der Waals surface area contributed by atoms with E-state index in [9.17, 15) is 10.1 Å². The summed E-state index contributed by atoms with van der Waals surface area (Å²) < 4.78 is 5.82. The molecule has 0 saturated carbocycles. The molecule has 3 aromatic rings. The predicted molar refractivity (Wildman–Crippen MR) is 120 cm³/mol. The van der Waals surface area contributed by atoms with Gasteiger partial charge in [-0.1, -0.05) is 48.0 Å². The summed E-state index contributed by atoms with van der Waals surface area (Å²) in [5, 5.41) is 13.0. The normalized spacial score (nSPS) is 10.9. The van der Waals surface area contributed by atoms with Gasteiger partial charge in [0.2, 0.25) is 0 Å². The fourth-order valence-electron chi connectivity index (χ4n) is 2.82. The van der Waals surface area contributed by atoms with Crippen LogP contribution in [-0.2, 0) is 11.4 Å². The summed E-state index contributed by atoms with van der Waals surface area (Å²) in [6.45, 7) is 4.25. The molecule has 0 unspecified atom stereocenters. The zero-order valence-corrected chi connectivity index (χ0v) is 17.5. The minimum atomic E-state index is -0.446. The van der Waals surface area contributed by atoms with Crippen LogP contribution < -0.4 is 10.1 Å². The number of hydrogen-bond donors (Lipinski definition) is 1. The number of halogens is 1. The van der Waals surface area contributed by atoms with Gasteiger partial charge in [0, 0.05) is 10.7 Å². The van der Waals surface area contributed by atoms with Gasteiger partial charge in [-0.25, -0.2) is 0 Å². The number of anilines is 1. The molecule has 4 nitrogen and oxygen atoms in total. The summed E-state index contributed by atoms with van der Waals surface area (Å²) >= 11 is 5.90. The Labute approximate surface area is 181 Å². The SMILES string of the molecule is Cc1ccc(C)c(NC(=O)/C(C#N)=C\c2cccc(OCc3ccc(Cl)cc3)c2)c1. The van der Waals surface area contributed by atoms with Crippen molar-refractivity contribution in [2.24, 2.45) is 0 Å². The van der Waals surface area contributed by atoms with Gasteiger partial charge in [0.15, 0.2) is 0 Å². The van der Waals surface area contributed by atoms with Gasteiger partial charge in [0.25, 0.3) is 5.91 Å². The third-order valence-electron chi connectivity index (χ3n) is 4.49. The fraction of sp³-hybridized carbons (Fsp3) is 0.120. The highest BCUT2D eigenvalue weighted by Gasteiger charge is 2.11. The van der Waals surface area contributed by atoms with E-state index in [-0.39, 0.29) is 5.57 Å². The molecule has 3 rings (SSSR count). The lowest BCUT2D eigenvalue weighted by Gasteiger charge is -2.09. The Kier molecular flexibility index (Phi) is 6.90. The van der Waals surface area contributed by atoms with E-state index in [0.717, 1.165) is 16.7 Å². The first-order chi connectivity index (χ1) is 14.4. The van der Waals surface area contributed by atoms with E-state index < -0.39 is 5.91 Å². The maximum atomic E-state index is 12.6. The standard InChI is InChI=1S/C25H21ClN2O2/c1-17-6-7-18(2)24(12-17)28-25(29)21(15-27)13-20-4-3-5-23(14-20)30-16-19-8-10-22(26)11-9-19/h3-14H,16H2,1-2H3,(H,28,29)/b21-13-. The van der Waals surface area contributed by atoms with Crippen LogP contribution in [0, 0.1) is 25.2 Å². The van der Waals surface area contributed by atoms with Crippen molar-refractivity contribution in [3.05, 3.63) is 99.6 Å². The number of carbonyl (C=O) groups is 1. The summed E-state index contributed by atoms with van der Waals surface area (Å²) in [5.74, 6) is 0.199. The van der Waals surface area contributed by atoms with Crippen molar-refractivity contribution in [1.82, 2.24) is 0 Å². The second-order valence-corrected chi connectivity index (χ2v) is 7.37. The van der Waals surface area contributed by atoms with E-state index in [1.54, 1.807) is 12.1 Å². The number of hydrogen-bond acceptors (Lipinski definition) is 3. The first-order valence-corrected chi connectivity index (χ1v) is 9.80. The van der Waals surface area contributed by atoms with Gasteiger partial charge in [-0.15, -0.1) is 0 Å². The highest BCUT2D eigenvalue weighted by atomic mass is 35.5. The molecule has 0 fully saturated rings. The van der Waals surface area contributed by atoms with E-state index in [2.05, 4.69) is 5.32 Å². The molecule has 0 aromatic heterocycles. The molecule has 0 bridgehead atoms. The van der Waals surface area contributed by atoms with E-state index in [4.69, 9.17) is 16.3 Å². The number of aryl methyl sites for hydroxylation is 2. The van der Waals surface area contributed by atoms with Crippen LogP contribution in [-0.4, -0.2) is 5.91 Å². The first-order valence-electron chi connectivity index (χ1n) is 9.42. The van der Waals surface area contributed by atoms with Crippen LogP contribution in [0.5, 0.6) is 5.75 Å². The number of carbonyl (C=O) groups excluding carboxylic acids is 1. The van der Waals surface area contributed by atoms with E-state index in [1.165, 1.54) is 0 Å². The molecule has 1 N–H and O–H groups in total. The Hall–Kier alpha value is -3.55. The quantitative estimate of drug-likeness (QED) is 0.391. The maximum Gasteiger partial charge on any atom is 0.266 e. The molecule has 3 aromatic carbocycles. The van der Waals surface area contributed by atoms with Crippen LogP contribution in [0.1, 0.15) is 22.3 Å². The number of nitriles is 1. The Balaban J connectivity index is 1.73. The molecule has 0 aliphatic carbocycles. The van der Waals surface area contributed by atoms with E-state index in [1.807, 2.05) is 80.6 Å². The monoisotopic (exact) mass is 416 g/mol. The Bertz CT molecular complexity index is 1130. The molecule has 0 heterocycles. The van der Waals surface area contributed by atoms with Crippen molar-refractivity contribution in [2.75, 3.05) is 5.32 Å². The number of amides is 1. The van der Waals surface area contributed by atoms with Crippen molar-refractivity contribution in [2.45, 2.75) is 20.5 Å². The molecule has 1 amide bonds. The predicted octanol–water partition coefficient (Wildman–Crippen LogP) is 6.08. The summed E-state index contributed by atoms with van der Waals surface area (Å²) in [5.41, 5.74) is 4.38. The molecule has 0 aliphatic heterocycles. The number of rotatable bonds is 6. The molecule has 30 heavy (non-hydrogen) atoms. The number of benzene rings is 3. The Morgan fingerprint density at radius 2 is 1.87 bits per heavy atom. The molecule has 5 heteroatoms. The van der Waals surface area contributed by atoms with Crippen LogP contribution in [0.3, 0.4) is 0 Å². The van der Waals surface area contributed by atoms with E-state index >= 15 is 0 Å². The van der Waals surface area contributed by atoms with Crippen LogP contribution in [0.25, 0.3) is 6.08 Å². The molecule has 0 atom stereocenters. The lowest BCUT2D eigenvalue weighted by molar-refractivity contribution is -0.112. The first kappa shape index (κ1) is 21.2. The molecule has 150 valence electrons. The van der Waals surface area contributed by atoms with Gasteiger partial charge >= 0.3 is 0 Å². The fourth-order valence-corrected chi connectivity index (χ4v) is 2.94. The Morgan fingerprint density at radius 3 is 2.60 bits per heavy atom. The summed E-state index contributed by atoms with van der Waals surface area (Å²) in [4.78, 5) is 12.6. The van der Waals surface area contributed by atoms with Crippen LogP contribution in [0.15, 0.2) is 72.3 Å². The molecule has 0 saturated heterocycles. The van der Waals surface area contributed by atoms with Crippen molar-refractivity contribution in [3.8, 4) is 11.8 Å². The molecular formula is C25H21ClN2O2. The van der Waals surface area contributed by atoms with Crippen LogP contribution >= 0.6 is 11.6 Å². The third-order valence-corrected chi connectivity index (χ3v) is 4.75. The lowest BCUT2D eigenvalue weighted by atomic mass is 10.1. The highest BCUT2D eigenvalue weighted by molar-refractivity contribution is 6.30. The zero-order valence-electron chi connectivity index (χ0n) is 16.8. The maximum absolute atomic E-state index is 12.6. The van der Waals surface area contributed by atoms with Gasteiger partial charge in [-0.2, -0.15) is 5.26 Å². The number of nitrogens with one attached hydrogen (secondary N) is 1. The topological polar surface area (TPSA) is 62.1 Å². The minimum Gasteiger partial charge on any atom is -0.489 e. The van der Waals surface area contributed by atoms with Crippen LogP contribution in [0.4, 0.5) is 5.69 Å². The average molecular weight is 417 g/mol. The molecule has 0 aliphatic rings. The molecular weight excluding hydrogens is 396 g/mol. The average Bonchev–Trinajstić information content (AvgIpc) is 2.74. The van der Waals surface area contributed by atoms with Crippen LogP contribution in [0.2, 0.25) is 5.02 Å². The summed E-state index contributed by atoms with van der Waals surface area (Å²) in [6.07, 6.45) is 1.55. The van der Waals surface area contributed by atoms with Gasteiger partial charge < -0.3 is 10.1 Å². The number of nitrogens with zero attached hydrogens (tertiary/aromatic N) is 1. The Morgan fingerprint density at radius 1 is 1.10 bits per heavy atom. The van der Waals surface area contributed by atoms with Crippen molar-refractivity contribution < 1.29 is 9.53 Å². The third kappa shape index (κ3) is 5.73. The van der Waals surface area contributed by atoms with Gasteiger partial charge in [0.1, 0.15) is 24.0 Å². The van der Waals surface area contributed by atoms with Gasteiger partial charge in [0.05, 0.1) is 0 Å². The van der Waals surface area contributed by atoms with Crippen molar-refractivity contribution >= 4 is 29.3 Å². The second-order valence-electron chi connectivity index (χ2n) is 6.93. The van der Waals surface area contributed by atoms with Crippen molar-refractivity contribution in [3.63, 3.8) is 0 Å². The summed E-state index contributed by atoms with van der Waals surface area (Å²) in [6, 6.07) is 22.5. The molecule has 0 spiro atoms. The van der Waals surface area contributed by atoms with E-state index in [0.29, 0.717) is 28.6 Å². The minimum absolute atomic E-state index is 0.0192. The summed E-state index contributed by atoms with van der Waals surface area (Å²) in [7, 11) is 0. The molecule has 0 radical (unpaired) electrons. The number of ether oxygens (including phenoxy) is 1. The van der Waals surface area contributed by atoms with Gasteiger partial charge in [-0.3, -0.25) is 4.79 Å². The zero-order chi connectivity index (χ0) is 21.5. The lowest BCUT2D eigenvalue weighted by Crippen LogP contribution is -2.14. The second kappa shape index (κ2) is 9.78. The van der Waals surface area contributed by atoms with Gasteiger partial charge in [-0.05, 0) is 72.5 Å². The highest BCUT2D eigenvalue weighted by Crippen LogP contribution is 2.20. The smallest absolute Gasteiger partial charge is 0.266 e.